The third kappa shape index (κ3) is 2.73. The predicted octanol–water partition coefficient (Wildman–Crippen LogP) is 1.06. The van der Waals surface area contributed by atoms with E-state index in [1.165, 1.54) is 0 Å². The lowest BCUT2D eigenvalue weighted by Crippen LogP contribution is -2.34. The van der Waals surface area contributed by atoms with Crippen LogP contribution < -0.4 is 11.1 Å². The molecule has 1 amide bonds. The van der Waals surface area contributed by atoms with Gasteiger partial charge >= 0.3 is 0 Å². The first-order valence-corrected chi connectivity index (χ1v) is 8.55. The molecule has 0 aliphatic carbocycles. The fraction of sp³-hybridized carbons (Fsp3) is 0.357. The van der Waals surface area contributed by atoms with Crippen molar-refractivity contribution in [1.82, 2.24) is 10.3 Å². The van der Waals surface area contributed by atoms with E-state index in [-0.39, 0.29) is 18.2 Å². The van der Waals surface area contributed by atoms with Crippen molar-refractivity contribution in [1.29, 1.82) is 0 Å². The van der Waals surface area contributed by atoms with E-state index >= 15 is 0 Å². The van der Waals surface area contributed by atoms with Crippen LogP contribution in [0.2, 0.25) is 0 Å². The monoisotopic (exact) mass is 307 g/mol. The molecule has 1 unspecified atom stereocenters. The number of fused-ring (bicyclic) bond motifs is 1. The zero-order chi connectivity index (χ0) is 15.0. The van der Waals surface area contributed by atoms with Crippen LogP contribution in [-0.2, 0) is 9.84 Å². The zero-order valence-corrected chi connectivity index (χ0v) is 12.2. The molecule has 6 nitrogen and oxygen atoms in total. The van der Waals surface area contributed by atoms with Gasteiger partial charge in [0.25, 0.3) is 5.91 Å². The van der Waals surface area contributed by atoms with E-state index in [4.69, 9.17) is 5.73 Å². The summed E-state index contributed by atoms with van der Waals surface area (Å²) in [7, 11) is -3.04. The minimum absolute atomic E-state index is 0.165. The van der Waals surface area contributed by atoms with E-state index in [0.29, 0.717) is 24.2 Å². The van der Waals surface area contributed by atoms with Crippen LogP contribution in [-0.4, -0.2) is 36.9 Å². The van der Waals surface area contributed by atoms with Gasteiger partial charge in [0.1, 0.15) is 5.69 Å². The summed E-state index contributed by atoms with van der Waals surface area (Å²) in [6.07, 6.45) is 1.29. The molecule has 1 atom stereocenters. The van der Waals surface area contributed by atoms with E-state index in [2.05, 4.69) is 10.3 Å². The molecule has 4 N–H and O–H groups in total. The molecule has 112 valence electrons. The number of sulfone groups is 1. The lowest BCUT2D eigenvalue weighted by atomic mass is 10.2. The summed E-state index contributed by atoms with van der Waals surface area (Å²) in [5.74, 6) is -0.0778. The number of aromatic nitrogens is 1. The highest BCUT2D eigenvalue weighted by Crippen LogP contribution is 2.20. The number of aromatic amines is 1. The summed E-state index contributed by atoms with van der Waals surface area (Å²) >= 11 is 0. The van der Waals surface area contributed by atoms with Crippen LogP contribution in [0.5, 0.6) is 0 Å². The number of carbonyl (C=O) groups is 1. The fourth-order valence-corrected chi connectivity index (χ4v) is 4.43. The summed E-state index contributed by atoms with van der Waals surface area (Å²) in [6.45, 7) is 0.165. The number of nitrogen functional groups attached to an aromatic ring is 1. The second-order valence-electron chi connectivity index (χ2n) is 5.37. The zero-order valence-electron chi connectivity index (χ0n) is 11.4. The quantitative estimate of drug-likeness (QED) is 0.737. The summed E-state index contributed by atoms with van der Waals surface area (Å²) in [5.41, 5.74) is 7.56. The van der Waals surface area contributed by atoms with Gasteiger partial charge in [-0.25, -0.2) is 8.42 Å². The summed E-state index contributed by atoms with van der Waals surface area (Å²) in [6, 6.07) is 7.06. The number of benzene rings is 1. The van der Waals surface area contributed by atoms with E-state index in [9.17, 15) is 13.2 Å². The smallest absolute Gasteiger partial charge is 0.267 e. The van der Waals surface area contributed by atoms with Crippen molar-refractivity contribution in [3.63, 3.8) is 0 Å². The molecular formula is C14H17N3O3S. The lowest BCUT2D eigenvalue weighted by Gasteiger charge is -2.09. The Bertz CT molecular complexity index is 795. The first-order chi connectivity index (χ1) is 9.95. The van der Waals surface area contributed by atoms with Crippen LogP contribution in [0.3, 0.4) is 0 Å². The third-order valence-electron chi connectivity index (χ3n) is 3.84. The van der Waals surface area contributed by atoms with Crippen LogP contribution in [0, 0.1) is 0 Å². The molecule has 1 aromatic heterocycles. The van der Waals surface area contributed by atoms with Crippen molar-refractivity contribution >= 4 is 32.3 Å². The number of amides is 1. The fourth-order valence-electron chi connectivity index (χ4n) is 2.66. The predicted molar refractivity (Wildman–Crippen MR) is 81.9 cm³/mol. The number of nitrogens with one attached hydrogen (secondary N) is 2. The van der Waals surface area contributed by atoms with E-state index in [1.54, 1.807) is 18.2 Å². The minimum Gasteiger partial charge on any atom is -0.399 e. The van der Waals surface area contributed by atoms with Crippen LogP contribution in [0.4, 0.5) is 5.69 Å². The van der Waals surface area contributed by atoms with Crippen LogP contribution in [0.1, 0.15) is 23.3 Å². The number of carbonyl (C=O) groups excluding carboxylic acids is 1. The Labute approximate surface area is 122 Å². The average molecular weight is 307 g/mol. The molecule has 2 heterocycles. The number of hydrogen-bond donors (Lipinski definition) is 3. The van der Waals surface area contributed by atoms with E-state index < -0.39 is 15.1 Å². The number of hydrogen-bond acceptors (Lipinski definition) is 4. The highest BCUT2D eigenvalue weighted by atomic mass is 32.2. The number of rotatable bonds is 3. The maximum atomic E-state index is 12.1. The maximum absolute atomic E-state index is 12.1. The molecule has 3 rings (SSSR count). The number of H-pyrrole nitrogens is 1. The molecule has 1 aromatic carbocycles. The van der Waals surface area contributed by atoms with Crippen LogP contribution in [0.15, 0.2) is 24.3 Å². The Balaban J connectivity index is 1.72. The van der Waals surface area contributed by atoms with Gasteiger partial charge in [0.2, 0.25) is 0 Å². The molecule has 1 saturated heterocycles. The minimum atomic E-state index is -3.04. The first kappa shape index (κ1) is 13.9. The first-order valence-electron chi connectivity index (χ1n) is 6.84. The van der Waals surface area contributed by atoms with Gasteiger partial charge in [-0.15, -0.1) is 0 Å². The Morgan fingerprint density at radius 2 is 2.19 bits per heavy atom. The van der Waals surface area contributed by atoms with Gasteiger partial charge < -0.3 is 16.0 Å². The van der Waals surface area contributed by atoms with Crippen molar-refractivity contribution < 1.29 is 13.2 Å². The Kier molecular flexibility index (Phi) is 3.36. The highest BCUT2D eigenvalue weighted by Gasteiger charge is 2.31. The Morgan fingerprint density at radius 1 is 1.38 bits per heavy atom. The maximum Gasteiger partial charge on any atom is 0.267 e. The number of nitrogens with two attached hydrogens (primary N) is 1. The van der Waals surface area contributed by atoms with Crippen LogP contribution >= 0.6 is 0 Å². The molecular weight excluding hydrogens is 290 g/mol. The van der Waals surface area contributed by atoms with Gasteiger partial charge in [0.05, 0.1) is 11.0 Å². The largest absolute Gasteiger partial charge is 0.399 e. The molecule has 1 aliphatic rings. The summed E-state index contributed by atoms with van der Waals surface area (Å²) in [5, 5.41) is 3.09. The Morgan fingerprint density at radius 3 is 2.90 bits per heavy atom. The van der Waals surface area contributed by atoms with Crippen molar-refractivity contribution in [2.24, 2.45) is 0 Å². The molecule has 0 saturated carbocycles. The van der Waals surface area contributed by atoms with Gasteiger partial charge in [-0.1, -0.05) is 0 Å². The molecule has 1 aliphatic heterocycles. The molecule has 21 heavy (non-hydrogen) atoms. The molecule has 0 bridgehead atoms. The molecule has 2 aromatic rings. The normalized spacial score (nSPS) is 20.7. The van der Waals surface area contributed by atoms with Gasteiger partial charge in [0, 0.05) is 23.1 Å². The van der Waals surface area contributed by atoms with Crippen molar-refractivity contribution in [3.05, 3.63) is 30.0 Å². The van der Waals surface area contributed by atoms with Gasteiger partial charge in [0.15, 0.2) is 9.84 Å². The molecule has 0 radical (unpaired) electrons. The van der Waals surface area contributed by atoms with Gasteiger partial charge in [-0.3, -0.25) is 4.79 Å². The molecule has 1 fully saturated rings. The number of anilines is 1. The summed E-state index contributed by atoms with van der Waals surface area (Å²) < 4.78 is 23.4. The van der Waals surface area contributed by atoms with Gasteiger partial charge in [-0.05, 0) is 37.1 Å². The standard InChI is InChI=1S/C14H17N3O3S/c15-10-3-4-12-9(6-10)7-13(17-12)14(18)16-8-11-2-1-5-21(11,19)20/h3-4,6-7,11,17H,1-2,5,8,15H2,(H,16,18). The third-order valence-corrected chi connectivity index (χ3v) is 6.12. The van der Waals surface area contributed by atoms with Crippen molar-refractivity contribution in [2.45, 2.75) is 18.1 Å². The molecule has 7 heteroatoms. The van der Waals surface area contributed by atoms with Crippen molar-refractivity contribution in [2.75, 3.05) is 18.0 Å². The Hall–Kier alpha value is -2.02. The van der Waals surface area contributed by atoms with Crippen LogP contribution in [0.25, 0.3) is 10.9 Å². The average Bonchev–Trinajstić information content (AvgIpc) is 2.98. The van der Waals surface area contributed by atoms with Gasteiger partial charge in [-0.2, -0.15) is 0 Å². The van der Waals surface area contributed by atoms with E-state index in [1.807, 2.05) is 6.07 Å². The highest BCUT2D eigenvalue weighted by molar-refractivity contribution is 7.92. The van der Waals surface area contributed by atoms with Crippen molar-refractivity contribution in [3.8, 4) is 0 Å². The van der Waals surface area contributed by atoms with E-state index in [0.717, 1.165) is 10.9 Å². The molecule has 0 spiro atoms. The second-order valence-corrected chi connectivity index (χ2v) is 7.77. The lowest BCUT2D eigenvalue weighted by molar-refractivity contribution is 0.0949. The topological polar surface area (TPSA) is 105 Å². The second kappa shape index (κ2) is 5.07. The summed E-state index contributed by atoms with van der Waals surface area (Å²) in [4.78, 5) is 15.1. The SMILES string of the molecule is Nc1ccc2[nH]c(C(=O)NCC3CCCS3(=O)=O)cc2c1.